The number of hydrogen-bond donors (Lipinski definition) is 1. The smallest absolute Gasteiger partial charge is 0.325 e. The van der Waals surface area contributed by atoms with Gasteiger partial charge in [-0.2, -0.15) is 0 Å². The minimum atomic E-state index is -3.44. The topological polar surface area (TPSA) is 55.8 Å². The molecule has 1 rings (SSSR count). The van der Waals surface area contributed by atoms with E-state index in [9.17, 15) is 4.57 Å². The Labute approximate surface area is 95.7 Å². The Bertz CT molecular complexity index is 346. The molecule has 5 heteroatoms. The fourth-order valence-corrected chi connectivity index (χ4v) is 1.97. The predicted molar refractivity (Wildman–Crippen MR) is 62.9 cm³/mol. The molecule has 0 saturated heterocycles. The van der Waals surface area contributed by atoms with E-state index >= 15 is 0 Å². The molecule has 0 aliphatic heterocycles. The lowest BCUT2D eigenvalue weighted by Gasteiger charge is -2.18. The average Bonchev–Trinajstić information content (AvgIpc) is 2.24. The first kappa shape index (κ1) is 13.2. The summed E-state index contributed by atoms with van der Waals surface area (Å²) in [4.78, 5) is 9.09. The lowest BCUT2D eigenvalue weighted by Crippen LogP contribution is -2.19. The van der Waals surface area contributed by atoms with Crippen LogP contribution in [0.25, 0.3) is 0 Å². The third kappa shape index (κ3) is 5.31. The summed E-state index contributed by atoms with van der Waals surface area (Å²) >= 11 is 0. The summed E-state index contributed by atoms with van der Waals surface area (Å²) in [6, 6.07) is 9.30. The van der Waals surface area contributed by atoms with Gasteiger partial charge in [0.2, 0.25) is 0 Å². The molecular weight excluding hydrogens is 227 g/mol. The molecule has 0 saturated carbocycles. The largest absolute Gasteiger partial charge is 0.491 e. The van der Waals surface area contributed by atoms with Crippen molar-refractivity contribution in [3.63, 3.8) is 0 Å². The zero-order chi connectivity index (χ0) is 12.0. The van der Waals surface area contributed by atoms with Gasteiger partial charge in [-0.1, -0.05) is 25.1 Å². The van der Waals surface area contributed by atoms with Crippen LogP contribution in [0, 0.1) is 0 Å². The van der Waals surface area contributed by atoms with E-state index in [0.717, 1.165) is 5.75 Å². The molecular formula is C11H17O4P. The second-order valence-electron chi connectivity index (χ2n) is 3.56. The molecule has 0 amide bonds. The molecule has 0 aliphatic rings. The monoisotopic (exact) mass is 244 g/mol. The number of para-hydroxylation sites is 1. The summed E-state index contributed by atoms with van der Waals surface area (Å²) in [6.07, 6.45) is 0.270. The number of hydrogen-bond acceptors (Lipinski definition) is 3. The summed E-state index contributed by atoms with van der Waals surface area (Å²) in [5.74, 6) is 0.730. The first-order chi connectivity index (χ1) is 7.51. The Hall–Kier alpha value is -0.830. The van der Waals surface area contributed by atoms with Crippen LogP contribution in [-0.4, -0.2) is 24.3 Å². The van der Waals surface area contributed by atoms with Crippen molar-refractivity contribution in [2.45, 2.75) is 19.4 Å². The van der Waals surface area contributed by atoms with Crippen LogP contribution in [-0.2, 0) is 9.09 Å². The van der Waals surface area contributed by atoms with Gasteiger partial charge in [-0.25, -0.2) is 0 Å². The molecule has 16 heavy (non-hydrogen) atoms. The number of benzene rings is 1. The summed E-state index contributed by atoms with van der Waals surface area (Å²) < 4.78 is 21.5. The van der Waals surface area contributed by atoms with Gasteiger partial charge in [0.15, 0.2) is 0 Å². The van der Waals surface area contributed by atoms with E-state index in [2.05, 4.69) is 0 Å². The average molecular weight is 244 g/mol. The quantitative estimate of drug-likeness (QED) is 0.781. The van der Waals surface area contributed by atoms with Crippen molar-refractivity contribution in [3.8, 4) is 5.75 Å². The van der Waals surface area contributed by atoms with Crippen molar-refractivity contribution in [2.75, 3.05) is 13.3 Å². The van der Waals surface area contributed by atoms with Crippen LogP contribution < -0.4 is 4.74 Å². The van der Waals surface area contributed by atoms with E-state index in [1.807, 2.05) is 37.3 Å². The highest BCUT2D eigenvalue weighted by Crippen LogP contribution is 2.38. The molecule has 0 heterocycles. The third-order valence-corrected chi connectivity index (χ3v) is 2.67. The fraction of sp³-hybridized carbons (Fsp3) is 0.455. The van der Waals surface area contributed by atoms with Gasteiger partial charge in [-0.05, 0) is 18.6 Å². The number of rotatable bonds is 6. The van der Waals surface area contributed by atoms with E-state index in [-0.39, 0.29) is 12.7 Å². The number of ether oxygens (including phenoxy) is 1. The highest BCUT2D eigenvalue weighted by Gasteiger charge is 2.18. The van der Waals surface area contributed by atoms with Crippen LogP contribution in [0.15, 0.2) is 30.3 Å². The maximum absolute atomic E-state index is 11.1. The molecule has 0 fully saturated rings. The van der Waals surface area contributed by atoms with Crippen molar-refractivity contribution >= 4 is 7.60 Å². The standard InChI is InChI=1S/C11H17O4P/c1-3-10(15-16(2,12)13)9-14-11-7-5-4-6-8-11/h4-8,10H,3,9H2,1-2H3,(H,12,13). The Morgan fingerprint density at radius 3 is 2.50 bits per heavy atom. The molecule has 2 unspecified atom stereocenters. The highest BCUT2D eigenvalue weighted by molar-refractivity contribution is 7.51. The van der Waals surface area contributed by atoms with E-state index < -0.39 is 7.60 Å². The normalized spacial score (nSPS) is 16.4. The minimum absolute atomic E-state index is 0.277. The molecule has 0 radical (unpaired) electrons. The first-order valence-electron chi connectivity index (χ1n) is 5.18. The van der Waals surface area contributed by atoms with Crippen LogP contribution in [0.1, 0.15) is 13.3 Å². The van der Waals surface area contributed by atoms with E-state index in [1.54, 1.807) is 0 Å². The zero-order valence-electron chi connectivity index (χ0n) is 9.50. The van der Waals surface area contributed by atoms with Gasteiger partial charge >= 0.3 is 7.60 Å². The van der Waals surface area contributed by atoms with Gasteiger partial charge in [0.05, 0.1) is 0 Å². The van der Waals surface area contributed by atoms with Crippen LogP contribution in [0.3, 0.4) is 0 Å². The van der Waals surface area contributed by atoms with Crippen molar-refractivity contribution < 1.29 is 18.7 Å². The van der Waals surface area contributed by atoms with Gasteiger partial charge in [-0.3, -0.25) is 4.57 Å². The first-order valence-corrected chi connectivity index (χ1v) is 7.20. The van der Waals surface area contributed by atoms with Gasteiger partial charge in [0.1, 0.15) is 18.5 Å². The van der Waals surface area contributed by atoms with Crippen molar-refractivity contribution in [2.24, 2.45) is 0 Å². The molecule has 1 N–H and O–H groups in total. The Kier molecular flexibility index (Phi) is 5.00. The summed E-state index contributed by atoms with van der Waals surface area (Å²) in [7, 11) is -3.44. The third-order valence-electron chi connectivity index (χ3n) is 1.98. The molecule has 1 aromatic rings. The lowest BCUT2D eigenvalue weighted by atomic mass is 10.3. The molecule has 2 atom stereocenters. The van der Waals surface area contributed by atoms with Crippen LogP contribution in [0.5, 0.6) is 5.75 Å². The lowest BCUT2D eigenvalue weighted by molar-refractivity contribution is 0.113. The van der Waals surface area contributed by atoms with Crippen molar-refractivity contribution in [1.29, 1.82) is 0 Å². The Morgan fingerprint density at radius 1 is 1.38 bits per heavy atom. The zero-order valence-corrected chi connectivity index (χ0v) is 10.4. The fourth-order valence-electron chi connectivity index (χ4n) is 1.21. The molecule has 0 aliphatic carbocycles. The Balaban J connectivity index is 2.43. The highest BCUT2D eigenvalue weighted by atomic mass is 31.2. The van der Waals surface area contributed by atoms with Crippen molar-refractivity contribution in [1.82, 2.24) is 0 Å². The van der Waals surface area contributed by atoms with Gasteiger partial charge in [0.25, 0.3) is 0 Å². The van der Waals surface area contributed by atoms with Crippen LogP contribution in [0.4, 0.5) is 0 Å². The predicted octanol–water partition coefficient (Wildman–Crippen LogP) is 2.68. The molecule has 1 aromatic carbocycles. The molecule has 0 spiro atoms. The maximum Gasteiger partial charge on any atom is 0.325 e. The summed E-state index contributed by atoms with van der Waals surface area (Å²) in [5.41, 5.74) is 0. The molecule has 90 valence electrons. The van der Waals surface area contributed by atoms with Crippen LogP contribution in [0.2, 0.25) is 0 Å². The van der Waals surface area contributed by atoms with E-state index in [4.69, 9.17) is 14.2 Å². The second-order valence-corrected chi connectivity index (χ2v) is 5.38. The SMILES string of the molecule is CCC(COc1ccccc1)OP(C)(=O)O. The summed E-state index contributed by atoms with van der Waals surface area (Å²) in [5, 5.41) is 0. The van der Waals surface area contributed by atoms with Gasteiger partial charge < -0.3 is 14.2 Å². The maximum atomic E-state index is 11.1. The molecule has 0 bridgehead atoms. The van der Waals surface area contributed by atoms with Gasteiger partial charge in [-0.15, -0.1) is 0 Å². The molecule has 0 aromatic heterocycles. The second kappa shape index (κ2) is 6.04. The Morgan fingerprint density at radius 2 is 2.00 bits per heavy atom. The van der Waals surface area contributed by atoms with Crippen LogP contribution >= 0.6 is 7.60 Å². The summed E-state index contributed by atoms with van der Waals surface area (Å²) in [6.45, 7) is 3.34. The van der Waals surface area contributed by atoms with E-state index in [0.29, 0.717) is 6.42 Å². The molecule has 4 nitrogen and oxygen atoms in total. The van der Waals surface area contributed by atoms with E-state index in [1.165, 1.54) is 6.66 Å². The van der Waals surface area contributed by atoms with Crippen molar-refractivity contribution in [3.05, 3.63) is 30.3 Å². The van der Waals surface area contributed by atoms with Gasteiger partial charge in [0, 0.05) is 6.66 Å². The minimum Gasteiger partial charge on any atom is -0.491 e.